The number of anilines is 1. The molecular weight excluding hydrogens is 429 g/mol. The minimum absolute atomic E-state index is 0.249. The van der Waals surface area contributed by atoms with Crippen molar-refractivity contribution in [3.05, 3.63) is 83.7 Å². The number of carbonyl (C=O) groups is 1. The van der Waals surface area contributed by atoms with Crippen LogP contribution in [0, 0.1) is 5.82 Å². The molecule has 1 aliphatic rings. The summed E-state index contributed by atoms with van der Waals surface area (Å²) in [6.45, 7) is 4.60. The molecule has 0 aliphatic carbocycles. The summed E-state index contributed by atoms with van der Waals surface area (Å²) in [6.07, 6.45) is 1.38. The molecule has 0 saturated heterocycles. The number of halogens is 1. The zero-order chi connectivity index (χ0) is 23.8. The Balaban J connectivity index is 1.62. The second-order valence-electron chi connectivity index (χ2n) is 8.78. The molecule has 34 heavy (non-hydrogen) atoms. The first-order chi connectivity index (χ1) is 16.4. The van der Waals surface area contributed by atoms with Crippen LogP contribution in [0.3, 0.4) is 0 Å². The molecule has 1 unspecified atom stereocenters. The summed E-state index contributed by atoms with van der Waals surface area (Å²) in [5, 5.41) is 13.1. The monoisotopic (exact) mass is 453 g/mol. The Morgan fingerprint density at radius 2 is 1.79 bits per heavy atom. The summed E-state index contributed by atoms with van der Waals surface area (Å²) >= 11 is 0. The third-order valence-corrected chi connectivity index (χ3v) is 6.16. The number of nitrogens with one attached hydrogen (secondary N) is 1. The van der Waals surface area contributed by atoms with Gasteiger partial charge in [-0.2, -0.15) is 0 Å². The summed E-state index contributed by atoms with van der Waals surface area (Å²) in [5.74, 6) is -1.01. The van der Waals surface area contributed by atoms with Gasteiger partial charge in [0.1, 0.15) is 5.82 Å². The van der Waals surface area contributed by atoms with E-state index in [4.69, 9.17) is 4.98 Å². The van der Waals surface area contributed by atoms with Crippen LogP contribution in [0.5, 0.6) is 0 Å². The Labute approximate surface area is 197 Å². The largest absolute Gasteiger partial charge is 0.479 e. The molecule has 170 valence electrons. The van der Waals surface area contributed by atoms with Crippen LogP contribution in [0.25, 0.3) is 33.3 Å². The third-order valence-electron chi connectivity index (χ3n) is 6.16. The molecule has 6 heteroatoms. The van der Waals surface area contributed by atoms with Crippen molar-refractivity contribution in [1.29, 1.82) is 0 Å². The highest BCUT2D eigenvalue weighted by atomic mass is 19.1. The van der Waals surface area contributed by atoms with Gasteiger partial charge >= 0.3 is 5.97 Å². The molecule has 0 spiro atoms. The molecule has 4 aromatic rings. The van der Waals surface area contributed by atoms with Crippen molar-refractivity contribution >= 4 is 28.8 Å². The van der Waals surface area contributed by atoms with E-state index in [2.05, 4.69) is 60.6 Å². The standard InChI is InChI=1S/C28H24FN3O2/c1-16(2)19-4-3-5-20(12-19)17-6-8-18(9-7-17)26-23-14-30-15-25(28(33)34)32-27(23)22-13-21(29)10-11-24(22)31-26/h3-13,15-16,25,32H,14H2,1-2H3,(H,33,34). The fraction of sp³-hybridized carbons (Fsp3) is 0.179. The normalized spacial score (nSPS) is 15.1. The Hall–Kier alpha value is -4.06. The Kier molecular flexibility index (Phi) is 5.57. The zero-order valence-electron chi connectivity index (χ0n) is 18.9. The van der Waals surface area contributed by atoms with Gasteiger partial charge in [0.2, 0.25) is 0 Å². The number of nitrogens with zero attached hydrogens (tertiary/aromatic N) is 2. The van der Waals surface area contributed by atoms with E-state index in [1.54, 1.807) is 6.07 Å². The number of rotatable bonds is 4. The van der Waals surface area contributed by atoms with Gasteiger partial charge in [0.25, 0.3) is 0 Å². The second kappa shape index (κ2) is 8.71. The van der Waals surface area contributed by atoms with Gasteiger partial charge in [0, 0.05) is 22.7 Å². The predicted molar refractivity (Wildman–Crippen MR) is 134 cm³/mol. The molecule has 0 saturated carbocycles. The fourth-order valence-electron chi connectivity index (χ4n) is 4.30. The van der Waals surface area contributed by atoms with E-state index in [0.717, 1.165) is 22.3 Å². The molecular formula is C28H24FN3O2. The summed E-state index contributed by atoms with van der Waals surface area (Å²) in [4.78, 5) is 20.8. The Bertz CT molecular complexity index is 1430. The van der Waals surface area contributed by atoms with Crippen LogP contribution in [0.4, 0.5) is 10.1 Å². The number of carboxylic acids is 1. The van der Waals surface area contributed by atoms with Gasteiger partial charge in [0.05, 0.1) is 23.4 Å². The average molecular weight is 454 g/mol. The number of aliphatic imine (C=N–C) groups is 1. The van der Waals surface area contributed by atoms with Crippen molar-refractivity contribution in [1.82, 2.24) is 4.98 Å². The first-order valence-electron chi connectivity index (χ1n) is 11.2. The number of hydrogen-bond donors (Lipinski definition) is 2. The van der Waals surface area contributed by atoms with Crippen LogP contribution in [-0.2, 0) is 11.3 Å². The van der Waals surface area contributed by atoms with E-state index < -0.39 is 17.8 Å². The lowest BCUT2D eigenvalue weighted by molar-refractivity contribution is -0.136. The van der Waals surface area contributed by atoms with E-state index in [9.17, 15) is 14.3 Å². The number of aliphatic carboxylic acids is 1. The van der Waals surface area contributed by atoms with Crippen LogP contribution in [0.2, 0.25) is 0 Å². The maximum absolute atomic E-state index is 14.1. The SMILES string of the molecule is CC(C)c1cccc(-c2ccc(-c3nc4ccc(F)cc4c4c3CN=CC(C(=O)O)N4)cc2)c1. The number of benzene rings is 3. The van der Waals surface area contributed by atoms with Gasteiger partial charge in [-0.25, -0.2) is 14.2 Å². The number of carboxylic acid groups (broad SMARTS) is 1. The molecule has 3 aromatic carbocycles. The molecule has 0 radical (unpaired) electrons. The van der Waals surface area contributed by atoms with Gasteiger partial charge in [0.15, 0.2) is 6.04 Å². The molecule has 5 nitrogen and oxygen atoms in total. The van der Waals surface area contributed by atoms with E-state index in [1.165, 1.54) is 23.9 Å². The fourth-order valence-corrected chi connectivity index (χ4v) is 4.30. The molecule has 1 atom stereocenters. The first-order valence-corrected chi connectivity index (χ1v) is 11.2. The van der Waals surface area contributed by atoms with Crippen molar-refractivity contribution in [2.75, 3.05) is 5.32 Å². The van der Waals surface area contributed by atoms with E-state index in [-0.39, 0.29) is 6.54 Å². The van der Waals surface area contributed by atoms with E-state index in [1.807, 2.05) is 12.1 Å². The van der Waals surface area contributed by atoms with Crippen LogP contribution >= 0.6 is 0 Å². The first kappa shape index (κ1) is 21.8. The number of aromatic nitrogens is 1. The van der Waals surface area contributed by atoms with Crippen LogP contribution in [0.1, 0.15) is 30.9 Å². The molecule has 5 rings (SSSR count). The lowest BCUT2D eigenvalue weighted by atomic mass is 9.95. The van der Waals surface area contributed by atoms with E-state index in [0.29, 0.717) is 28.2 Å². The van der Waals surface area contributed by atoms with Crippen LogP contribution in [-0.4, -0.2) is 28.3 Å². The summed E-state index contributed by atoms with van der Waals surface area (Å²) < 4.78 is 14.1. The highest BCUT2D eigenvalue weighted by molar-refractivity contribution is 6.03. The van der Waals surface area contributed by atoms with Gasteiger partial charge < -0.3 is 10.4 Å². The number of hydrogen-bond acceptors (Lipinski definition) is 4. The summed E-state index contributed by atoms with van der Waals surface area (Å²) in [5.41, 5.74) is 7.00. The van der Waals surface area contributed by atoms with Gasteiger partial charge in [-0.3, -0.25) is 4.99 Å². The van der Waals surface area contributed by atoms with Crippen molar-refractivity contribution < 1.29 is 14.3 Å². The minimum atomic E-state index is -1.05. The topological polar surface area (TPSA) is 74.6 Å². The van der Waals surface area contributed by atoms with Crippen molar-refractivity contribution in [3.63, 3.8) is 0 Å². The highest BCUT2D eigenvalue weighted by Gasteiger charge is 2.24. The quantitative estimate of drug-likeness (QED) is 0.381. The predicted octanol–water partition coefficient (Wildman–Crippen LogP) is 6.28. The maximum Gasteiger partial charge on any atom is 0.331 e. The summed E-state index contributed by atoms with van der Waals surface area (Å²) in [6, 6.07) is 20.0. The van der Waals surface area contributed by atoms with Crippen molar-refractivity contribution in [3.8, 4) is 22.4 Å². The number of fused-ring (bicyclic) bond motifs is 3. The van der Waals surface area contributed by atoms with Gasteiger partial charge in [-0.15, -0.1) is 0 Å². The lowest BCUT2D eigenvalue weighted by Gasteiger charge is -2.18. The highest BCUT2D eigenvalue weighted by Crippen LogP contribution is 2.37. The van der Waals surface area contributed by atoms with Crippen LogP contribution < -0.4 is 5.32 Å². The molecule has 2 N–H and O–H groups in total. The lowest BCUT2D eigenvalue weighted by Crippen LogP contribution is -2.30. The number of pyridine rings is 1. The smallest absolute Gasteiger partial charge is 0.331 e. The average Bonchev–Trinajstić information content (AvgIpc) is 3.08. The zero-order valence-corrected chi connectivity index (χ0v) is 18.9. The maximum atomic E-state index is 14.1. The molecule has 0 bridgehead atoms. The van der Waals surface area contributed by atoms with Crippen molar-refractivity contribution in [2.24, 2.45) is 4.99 Å². The minimum Gasteiger partial charge on any atom is -0.479 e. The van der Waals surface area contributed by atoms with E-state index >= 15 is 0 Å². The molecule has 0 amide bonds. The summed E-state index contributed by atoms with van der Waals surface area (Å²) in [7, 11) is 0. The Morgan fingerprint density at radius 1 is 1.03 bits per heavy atom. The molecule has 0 fully saturated rings. The molecule has 1 aromatic heterocycles. The van der Waals surface area contributed by atoms with Crippen LogP contribution in [0.15, 0.2) is 71.7 Å². The molecule has 1 aliphatic heterocycles. The second-order valence-corrected chi connectivity index (χ2v) is 8.78. The third kappa shape index (κ3) is 4.03. The molecule has 2 heterocycles. The Morgan fingerprint density at radius 3 is 2.53 bits per heavy atom. The van der Waals surface area contributed by atoms with Gasteiger partial charge in [-0.1, -0.05) is 62.4 Å². The van der Waals surface area contributed by atoms with Crippen molar-refractivity contribution in [2.45, 2.75) is 32.4 Å². The van der Waals surface area contributed by atoms with Gasteiger partial charge in [-0.05, 0) is 40.8 Å².